The zero-order valence-electron chi connectivity index (χ0n) is 14.0. The predicted octanol–water partition coefficient (Wildman–Crippen LogP) is 6.16. The van der Waals surface area contributed by atoms with Gasteiger partial charge in [0.1, 0.15) is 0 Å². The Hall–Kier alpha value is -2.40. The summed E-state index contributed by atoms with van der Waals surface area (Å²) in [5.74, 6) is 0.154. The number of rotatable bonds is 4. The van der Waals surface area contributed by atoms with Crippen molar-refractivity contribution >= 4 is 11.6 Å². The maximum absolute atomic E-state index is 13.2. The molecule has 0 saturated carbocycles. The van der Waals surface area contributed by atoms with E-state index in [9.17, 15) is 13.2 Å². The molecule has 0 spiro atoms. The maximum Gasteiger partial charge on any atom is 0.417 e. The molecule has 0 radical (unpaired) electrons. The Balaban J connectivity index is 1.98. The lowest BCUT2D eigenvalue weighted by atomic mass is 9.92. The molecule has 3 rings (SSSR count). The summed E-state index contributed by atoms with van der Waals surface area (Å²) in [6, 6.07) is 11.4. The molecule has 2 aromatic heterocycles. The summed E-state index contributed by atoms with van der Waals surface area (Å²) in [6.45, 7) is 2.05. The molecule has 0 fully saturated rings. The highest BCUT2D eigenvalue weighted by molar-refractivity contribution is 6.31. The predicted molar refractivity (Wildman–Crippen MR) is 96.0 cm³/mol. The molecule has 3 aromatic rings. The second kappa shape index (κ2) is 7.46. The number of nitrogens with zero attached hydrogens (tertiary/aromatic N) is 2. The van der Waals surface area contributed by atoms with Crippen LogP contribution in [0, 0.1) is 0 Å². The normalized spacial score (nSPS) is 12.8. The summed E-state index contributed by atoms with van der Waals surface area (Å²) < 4.78 is 39.5. The lowest BCUT2D eigenvalue weighted by molar-refractivity contribution is -0.137. The van der Waals surface area contributed by atoms with Crippen LogP contribution in [-0.2, 0) is 12.6 Å². The van der Waals surface area contributed by atoms with Crippen LogP contribution in [0.4, 0.5) is 13.2 Å². The number of pyridine rings is 2. The quantitative estimate of drug-likeness (QED) is 0.544. The van der Waals surface area contributed by atoms with E-state index in [4.69, 9.17) is 11.6 Å². The van der Waals surface area contributed by atoms with Crippen LogP contribution in [0.15, 0.2) is 61.1 Å². The molecule has 1 unspecified atom stereocenters. The van der Waals surface area contributed by atoms with E-state index in [2.05, 4.69) is 16.9 Å². The van der Waals surface area contributed by atoms with Crippen LogP contribution in [-0.4, -0.2) is 9.97 Å². The van der Waals surface area contributed by atoms with E-state index in [-0.39, 0.29) is 10.9 Å². The molecule has 0 N–H and O–H groups in total. The fourth-order valence-electron chi connectivity index (χ4n) is 2.87. The molecule has 0 bridgehead atoms. The van der Waals surface area contributed by atoms with Crippen molar-refractivity contribution in [3.05, 3.63) is 82.8 Å². The number of alkyl halides is 3. The first-order chi connectivity index (χ1) is 12.4. The minimum absolute atomic E-state index is 0.154. The first kappa shape index (κ1) is 18.4. The number of hydrogen-bond donors (Lipinski definition) is 0. The molecule has 26 heavy (non-hydrogen) atoms. The molecule has 1 aromatic carbocycles. The van der Waals surface area contributed by atoms with Gasteiger partial charge in [0.2, 0.25) is 0 Å². The second-order valence-corrected chi connectivity index (χ2v) is 6.50. The zero-order chi connectivity index (χ0) is 18.7. The van der Waals surface area contributed by atoms with Gasteiger partial charge in [-0.15, -0.1) is 0 Å². The van der Waals surface area contributed by atoms with Crippen molar-refractivity contribution in [3.8, 4) is 11.3 Å². The standard InChI is InChI=1S/C20H16ClF3N2/c1-13(16-5-2-8-25-12-16)10-14-4-3-9-26-19(14)15-6-7-18(21)17(11-15)20(22,23)24/h2-9,11-13H,10H2,1H3. The highest BCUT2D eigenvalue weighted by atomic mass is 35.5. The Labute approximate surface area is 154 Å². The molecule has 0 saturated heterocycles. The van der Waals surface area contributed by atoms with Crippen molar-refractivity contribution in [2.45, 2.75) is 25.4 Å². The van der Waals surface area contributed by atoms with Crippen molar-refractivity contribution in [1.29, 1.82) is 0 Å². The van der Waals surface area contributed by atoms with Crippen LogP contribution >= 0.6 is 11.6 Å². The Morgan fingerprint density at radius 3 is 2.54 bits per heavy atom. The highest BCUT2D eigenvalue weighted by Gasteiger charge is 2.33. The van der Waals surface area contributed by atoms with Gasteiger partial charge in [0, 0.05) is 24.2 Å². The molecule has 134 valence electrons. The molecule has 0 aliphatic carbocycles. The van der Waals surface area contributed by atoms with E-state index in [1.54, 1.807) is 30.7 Å². The van der Waals surface area contributed by atoms with Crippen LogP contribution in [0.5, 0.6) is 0 Å². The Morgan fingerprint density at radius 2 is 1.85 bits per heavy atom. The minimum Gasteiger partial charge on any atom is -0.264 e. The van der Waals surface area contributed by atoms with Gasteiger partial charge in [-0.1, -0.05) is 36.7 Å². The van der Waals surface area contributed by atoms with Crippen molar-refractivity contribution in [1.82, 2.24) is 9.97 Å². The van der Waals surface area contributed by atoms with Crippen LogP contribution < -0.4 is 0 Å². The van der Waals surface area contributed by atoms with E-state index >= 15 is 0 Å². The van der Waals surface area contributed by atoms with Gasteiger partial charge in [-0.2, -0.15) is 13.2 Å². The van der Waals surface area contributed by atoms with Gasteiger partial charge >= 0.3 is 6.18 Å². The van der Waals surface area contributed by atoms with Crippen LogP contribution in [0.2, 0.25) is 5.02 Å². The van der Waals surface area contributed by atoms with Gasteiger partial charge in [0.05, 0.1) is 16.3 Å². The molecule has 1 atom stereocenters. The molecular weight excluding hydrogens is 361 g/mol. The van der Waals surface area contributed by atoms with Crippen LogP contribution in [0.1, 0.15) is 29.5 Å². The molecule has 2 heterocycles. The van der Waals surface area contributed by atoms with Gasteiger partial charge in [0.25, 0.3) is 0 Å². The Bertz CT molecular complexity index is 895. The third-order valence-electron chi connectivity index (χ3n) is 4.22. The summed E-state index contributed by atoms with van der Waals surface area (Å²) in [7, 11) is 0. The smallest absolute Gasteiger partial charge is 0.264 e. The summed E-state index contributed by atoms with van der Waals surface area (Å²) in [6.07, 6.45) is 1.21. The molecule has 2 nitrogen and oxygen atoms in total. The third-order valence-corrected chi connectivity index (χ3v) is 4.55. The van der Waals surface area contributed by atoms with Gasteiger partial charge in [-0.3, -0.25) is 9.97 Å². The second-order valence-electron chi connectivity index (χ2n) is 6.10. The van der Waals surface area contributed by atoms with Crippen LogP contribution in [0.3, 0.4) is 0 Å². The van der Waals surface area contributed by atoms with E-state index in [1.807, 2.05) is 18.2 Å². The average Bonchev–Trinajstić information content (AvgIpc) is 2.62. The molecule has 0 aliphatic rings. The van der Waals surface area contributed by atoms with E-state index in [0.29, 0.717) is 17.7 Å². The summed E-state index contributed by atoms with van der Waals surface area (Å²) >= 11 is 5.73. The monoisotopic (exact) mass is 376 g/mol. The van der Waals surface area contributed by atoms with Crippen molar-refractivity contribution in [2.75, 3.05) is 0 Å². The lowest BCUT2D eigenvalue weighted by Gasteiger charge is -2.16. The van der Waals surface area contributed by atoms with E-state index in [0.717, 1.165) is 17.2 Å². The zero-order valence-corrected chi connectivity index (χ0v) is 14.7. The number of hydrogen-bond acceptors (Lipinski definition) is 2. The van der Waals surface area contributed by atoms with Gasteiger partial charge < -0.3 is 0 Å². The first-order valence-corrected chi connectivity index (χ1v) is 8.45. The topological polar surface area (TPSA) is 25.8 Å². The largest absolute Gasteiger partial charge is 0.417 e. The number of aromatic nitrogens is 2. The first-order valence-electron chi connectivity index (χ1n) is 8.07. The highest BCUT2D eigenvalue weighted by Crippen LogP contribution is 2.37. The number of benzene rings is 1. The van der Waals surface area contributed by atoms with Crippen molar-refractivity contribution in [3.63, 3.8) is 0 Å². The average molecular weight is 377 g/mol. The van der Waals surface area contributed by atoms with E-state index < -0.39 is 11.7 Å². The fraction of sp³-hybridized carbons (Fsp3) is 0.200. The number of halogens is 4. The van der Waals surface area contributed by atoms with Crippen molar-refractivity contribution < 1.29 is 13.2 Å². The maximum atomic E-state index is 13.2. The summed E-state index contributed by atoms with van der Waals surface area (Å²) in [5, 5.41) is -0.317. The van der Waals surface area contributed by atoms with Gasteiger partial charge in [-0.25, -0.2) is 0 Å². The molecule has 6 heteroatoms. The SMILES string of the molecule is CC(Cc1cccnc1-c1ccc(Cl)c(C(F)(F)F)c1)c1cccnc1. The lowest BCUT2D eigenvalue weighted by Crippen LogP contribution is -2.07. The fourth-order valence-corrected chi connectivity index (χ4v) is 3.09. The van der Waals surface area contributed by atoms with Crippen molar-refractivity contribution in [2.24, 2.45) is 0 Å². The van der Waals surface area contributed by atoms with E-state index in [1.165, 1.54) is 6.07 Å². The Kier molecular flexibility index (Phi) is 5.28. The third kappa shape index (κ3) is 4.05. The molecule has 0 amide bonds. The van der Waals surface area contributed by atoms with Gasteiger partial charge in [-0.05, 0) is 47.7 Å². The summed E-state index contributed by atoms with van der Waals surface area (Å²) in [5.41, 5.74) is 2.02. The molecule has 0 aliphatic heterocycles. The van der Waals surface area contributed by atoms with Crippen LogP contribution in [0.25, 0.3) is 11.3 Å². The minimum atomic E-state index is -4.51. The summed E-state index contributed by atoms with van der Waals surface area (Å²) in [4.78, 5) is 8.44. The molecular formula is C20H16ClF3N2. The Morgan fingerprint density at radius 1 is 1.08 bits per heavy atom. The van der Waals surface area contributed by atoms with Gasteiger partial charge in [0.15, 0.2) is 0 Å².